The molecule has 0 saturated heterocycles. The second kappa shape index (κ2) is 6.80. The van der Waals surface area contributed by atoms with Gasteiger partial charge in [0.05, 0.1) is 6.10 Å². The first-order chi connectivity index (χ1) is 8.88. The molecular weight excluding hydrogens is 246 g/mol. The summed E-state index contributed by atoms with van der Waals surface area (Å²) < 4.78 is 27.4. The fourth-order valence-corrected chi connectivity index (χ4v) is 2.17. The van der Waals surface area contributed by atoms with Crippen molar-refractivity contribution in [3.05, 3.63) is 47.1 Å². The number of rotatable bonds is 4. The molecule has 3 atom stereocenters. The van der Waals surface area contributed by atoms with E-state index in [1.54, 1.807) is 26.0 Å². The Bertz CT molecular complexity index is 442. The number of halogens is 2. The molecule has 1 N–H and O–H groups in total. The van der Waals surface area contributed by atoms with Crippen molar-refractivity contribution < 1.29 is 13.9 Å². The molecule has 3 unspecified atom stereocenters. The van der Waals surface area contributed by atoms with Gasteiger partial charge in [0.25, 0.3) is 0 Å². The van der Waals surface area contributed by atoms with Gasteiger partial charge in [-0.2, -0.15) is 0 Å². The fraction of sp³-hybridized carbons (Fsp3) is 0.500. The Hall–Kier alpha value is -1.22. The van der Waals surface area contributed by atoms with Crippen LogP contribution in [0.3, 0.4) is 0 Å². The van der Waals surface area contributed by atoms with E-state index in [0.29, 0.717) is 12.0 Å². The van der Waals surface area contributed by atoms with Crippen LogP contribution in [0.25, 0.3) is 0 Å². The van der Waals surface area contributed by atoms with Gasteiger partial charge >= 0.3 is 0 Å². The second-order valence-corrected chi connectivity index (χ2v) is 5.07. The third kappa shape index (κ3) is 3.87. The Labute approximate surface area is 114 Å². The van der Waals surface area contributed by atoms with Gasteiger partial charge in [0.1, 0.15) is 5.83 Å². The van der Waals surface area contributed by atoms with Crippen LogP contribution >= 0.6 is 0 Å². The largest absolute Gasteiger partial charge is 0.389 e. The third-order valence-corrected chi connectivity index (χ3v) is 3.60. The minimum absolute atomic E-state index is 0.121. The molecule has 106 valence electrons. The van der Waals surface area contributed by atoms with Crippen LogP contribution < -0.4 is 0 Å². The second-order valence-electron chi connectivity index (χ2n) is 5.07. The van der Waals surface area contributed by atoms with Gasteiger partial charge in [-0.15, -0.1) is 0 Å². The van der Waals surface area contributed by atoms with E-state index in [4.69, 9.17) is 0 Å². The summed E-state index contributed by atoms with van der Waals surface area (Å²) in [6, 6.07) is 0. The van der Waals surface area contributed by atoms with Crippen LogP contribution in [0.5, 0.6) is 0 Å². The van der Waals surface area contributed by atoms with Crippen molar-refractivity contribution in [2.24, 2.45) is 11.8 Å². The van der Waals surface area contributed by atoms with E-state index in [-0.39, 0.29) is 5.92 Å². The lowest BCUT2D eigenvalue weighted by Gasteiger charge is -2.23. The van der Waals surface area contributed by atoms with Crippen LogP contribution in [-0.4, -0.2) is 11.2 Å². The van der Waals surface area contributed by atoms with E-state index in [1.165, 1.54) is 0 Å². The summed E-state index contributed by atoms with van der Waals surface area (Å²) in [5.41, 5.74) is 1.15. The standard InChI is InChI=1S/C16H22F2O/c1-5-13(12(4)19)8-6-10(2)14-9-7-11(3)15(17)16(14)18/h5-8,10,12,14,19H,9H2,1-4H3/b8-6-,13-5+. The van der Waals surface area contributed by atoms with Crippen LogP contribution in [0.2, 0.25) is 0 Å². The number of aliphatic hydroxyl groups excluding tert-OH is 1. The number of hydrogen-bond donors (Lipinski definition) is 1. The maximum absolute atomic E-state index is 13.9. The van der Waals surface area contributed by atoms with Gasteiger partial charge in [0.15, 0.2) is 5.83 Å². The fourth-order valence-electron chi connectivity index (χ4n) is 2.17. The minimum Gasteiger partial charge on any atom is -0.389 e. The van der Waals surface area contributed by atoms with Gasteiger partial charge in [-0.25, -0.2) is 8.78 Å². The molecule has 0 aromatic carbocycles. The zero-order valence-electron chi connectivity index (χ0n) is 12.0. The monoisotopic (exact) mass is 268 g/mol. The zero-order chi connectivity index (χ0) is 14.6. The molecule has 0 heterocycles. The molecule has 3 heteroatoms. The number of allylic oxidation sites excluding steroid dienone is 6. The maximum Gasteiger partial charge on any atom is 0.157 e. The quantitative estimate of drug-likeness (QED) is 0.737. The van der Waals surface area contributed by atoms with Gasteiger partial charge in [-0.3, -0.25) is 0 Å². The van der Waals surface area contributed by atoms with Crippen LogP contribution in [0.4, 0.5) is 8.78 Å². The maximum atomic E-state index is 13.9. The summed E-state index contributed by atoms with van der Waals surface area (Å²) in [4.78, 5) is 0. The summed E-state index contributed by atoms with van der Waals surface area (Å²) in [6.45, 7) is 6.95. The summed E-state index contributed by atoms with van der Waals surface area (Å²) >= 11 is 0. The van der Waals surface area contributed by atoms with E-state index in [0.717, 1.165) is 5.57 Å². The molecule has 0 aliphatic heterocycles. The Morgan fingerprint density at radius 2 is 2.05 bits per heavy atom. The highest BCUT2D eigenvalue weighted by atomic mass is 19.2. The highest BCUT2D eigenvalue weighted by molar-refractivity contribution is 5.32. The molecule has 1 aliphatic carbocycles. The molecule has 0 bridgehead atoms. The van der Waals surface area contributed by atoms with E-state index >= 15 is 0 Å². The molecule has 0 aromatic rings. The van der Waals surface area contributed by atoms with Crippen LogP contribution in [-0.2, 0) is 0 Å². The van der Waals surface area contributed by atoms with Gasteiger partial charge in [0.2, 0.25) is 0 Å². The summed E-state index contributed by atoms with van der Waals surface area (Å²) in [5.74, 6) is -1.95. The lowest BCUT2D eigenvalue weighted by atomic mass is 9.84. The molecule has 0 amide bonds. The van der Waals surface area contributed by atoms with Crippen molar-refractivity contribution in [3.63, 3.8) is 0 Å². The predicted octanol–water partition coefficient (Wildman–Crippen LogP) is 4.62. The minimum atomic E-state index is -0.724. The van der Waals surface area contributed by atoms with Crippen molar-refractivity contribution in [3.8, 4) is 0 Å². The van der Waals surface area contributed by atoms with Crippen LogP contribution in [0.1, 0.15) is 34.1 Å². The Kier molecular flexibility index (Phi) is 5.67. The molecule has 0 spiro atoms. The molecule has 1 nitrogen and oxygen atoms in total. The smallest absolute Gasteiger partial charge is 0.157 e. The Morgan fingerprint density at radius 1 is 1.42 bits per heavy atom. The molecule has 1 rings (SSSR count). The van der Waals surface area contributed by atoms with Gasteiger partial charge in [-0.1, -0.05) is 31.2 Å². The van der Waals surface area contributed by atoms with Gasteiger partial charge in [0, 0.05) is 5.92 Å². The summed E-state index contributed by atoms with van der Waals surface area (Å²) in [7, 11) is 0. The van der Waals surface area contributed by atoms with E-state index in [2.05, 4.69) is 0 Å². The van der Waals surface area contributed by atoms with E-state index in [9.17, 15) is 13.9 Å². The van der Waals surface area contributed by atoms with Crippen LogP contribution in [0, 0.1) is 11.8 Å². The predicted molar refractivity (Wildman–Crippen MR) is 74.8 cm³/mol. The summed E-state index contributed by atoms with van der Waals surface area (Å²) in [5, 5.41) is 9.49. The molecule has 0 aromatic heterocycles. The number of aliphatic hydroxyl groups is 1. The van der Waals surface area contributed by atoms with Crippen molar-refractivity contribution in [1.29, 1.82) is 0 Å². The first-order valence-corrected chi connectivity index (χ1v) is 6.63. The first-order valence-electron chi connectivity index (χ1n) is 6.63. The molecule has 0 saturated carbocycles. The highest BCUT2D eigenvalue weighted by Gasteiger charge is 2.27. The van der Waals surface area contributed by atoms with E-state index < -0.39 is 23.7 Å². The first kappa shape index (κ1) is 15.8. The van der Waals surface area contributed by atoms with Crippen molar-refractivity contribution in [2.75, 3.05) is 0 Å². The number of hydrogen-bond acceptors (Lipinski definition) is 1. The molecule has 0 fully saturated rings. The lowest BCUT2D eigenvalue weighted by Crippen LogP contribution is -2.14. The Morgan fingerprint density at radius 3 is 2.58 bits per heavy atom. The Balaban J connectivity index is 2.81. The van der Waals surface area contributed by atoms with Crippen molar-refractivity contribution in [2.45, 2.75) is 40.2 Å². The molecule has 19 heavy (non-hydrogen) atoms. The zero-order valence-corrected chi connectivity index (χ0v) is 12.0. The topological polar surface area (TPSA) is 20.2 Å². The molecule has 1 aliphatic rings. The van der Waals surface area contributed by atoms with Crippen molar-refractivity contribution >= 4 is 0 Å². The van der Waals surface area contributed by atoms with Crippen LogP contribution in [0.15, 0.2) is 47.1 Å². The van der Waals surface area contributed by atoms with Crippen molar-refractivity contribution in [1.82, 2.24) is 0 Å². The van der Waals surface area contributed by atoms with Gasteiger partial charge < -0.3 is 5.11 Å². The molecular formula is C16H22F2O. The lowest BCUT2D eigenvalue weighted by molar-refractivity contribution is 0.235. The van der Waals surface area contributed by atoms with Gasteiger partial charge in [-0.05, 0) is 44.3 Å². The molecule has 0 radical (unpaired) electrons. The summed E-state index contributed by atoms with van der Waals surface area (Å²) in [6.07, 6.45) is 7.11. The highest BCUT2D eigenvalue weighted by Crippen LogP contribution is 2.36. The SMILES string of the molecule is C/C=C(\C=C/C(C)C1CC=C(C)C(F)=C1F)C(C)O. The van der Waals surface area contributed by atoms with E-state index in [1.807, 2.05) is 26.0 Å². The average molecular weight is 268 g/mol. The normalized spacial score (nSPS) is 24.7. The average Bonchev–Trinajstić information content (AvgIpc) is 2.36. The third-order valence-electron chi connectivity index (χ3n) is 3.60.